The van der Waals surface area contributed by atoms with Gasteiger partial charge in [0.1, 0.15) is 12.7 Å². The zero-order valence-electron chi connectivity index (χ0n) is 27.2. The number of nitrogens with one attached hydrogen (secondary N) is 1. The number of ether oxygens (including phenoxy) is 1. The van der Waals surface area contributed by atoms with Gasteiger partial charge in [0.2, 0.25) is 5.91 Å². The molecule has 0 radical (unpaired) electrons. The lowest BCUT2D eigenvalue weighted by atomic mass is 10.1. The molecule has 1 amide bonds. The molecule has 0 spiro atoms. The highest BCUT2D eigenvalue weighted by atomic mass is 31.2. The summed E-state index contributed by atoms with van der Waals surface area (Å²) < 4.78 is 26.1. The normalized spacial score (nSPS) is 14.3. The fourth-order valence-electron chi connectivity index (χ4n) is 4.40. The van der Waals surface area contributed by atoms with E-state index >= 15 is 0 Å². The molecular weight excluding hydrogens is 589 g/mol. The maximum atomic E-state index is 12.2. The summed E-state index contributed by atoms with van der Waals surface area (Å²) in [4.78, 5) is 44.7. The fraction of sp³-hybridized carbons (Fsp3) is 0.844. The number of aliphatic hydroxyl groups is 1. The van der Waals surface area contributed by atoms with Crippen LogP contribution < -0.4 is 5.32 Å². The fourth-order valence-corrected chi connectivity index (χ4v) is 5.18. The van der Waals surface area contributed by atoms with Gasteiger partial charge < -0.3 is 25.2 Å². The summed E-state index contributed by atoms with van der Waals surface area (Å²) >= 11 is 0. The number of unbranched alkanes of at least 4 members (excludes halogenated alkanes) is 15. The summed E-state index contributed by atoms with van der Waals surface area (Å²) in [7, 11) is -4.72. The first-order chi connectivity index (χ1) is 21.1. The summed E-state index contributed by atoms with van der Waals surface area (Å²) in [6, 6.07) is -1.54. The molecule has 0 heterocycles. The van der Waals surface area contributed by atoms with E-state index in [1.165, 1.54) is 83.5 Å². The average Bonchev–Trinajstić information content (AvgIpc) is 2.98. The van der Waals surface area contributed by atoms with Crippen molar-refractivity contribution in [2.24, 2.45) is 0 Å². The molecule has 0 saturated carbocycles. The minimum Gasteiger partial charge on any atom is -0.480 e. The Labute approximate surface area is 265 Å². The number of carbonyl (C=O) groups excluding carboxylic acids is 2. The first kappa shape index (κ1) is 42.2. The zero-order chi connectivity index (χ0) is 32.9. The lowest BCUT2D eigenvalue weighted by Gasteiger charge is -2.18. The quantitative estimate of drug-likeness (QED) is 0.0266. The number of amides is 1. The van der Waals surface area contributed by atoms with Gasteiger partial charge in [-0.05, 0) is 38.5 Å². The molecule has 4 N–H and O–H groups in total. The molecule has 0 bridgehead atoms. The van der Waals surface area contributed by atoms with Gasteiger partial charge >= 0.3 is 19.8 Å². The Bertz CT molecular complexity index is 823. The minimum absolute atomic E-state index is 0.145. The summed E-state index contributed by atoms with van der Waals surface area (Å²) in [6.45, 7) is 2.13. The Kier molecular flexibility index (Phi) is 27.5. The van der Waals surface area contributed by atoms with Crippen LogP contribution in [-0.4, -0.2) is 64.9 Å². The number of aliphatic hydroxyl groups excluding tert-OH is 1. The summed E-state index contributed by atoms with van der Waals surface area (Å²) in [5, 5.41) is 21.4. The van der Waals surface area contributed by atoms with Gasteiger partial charge in [-0.25, -0.2) is 9.36 Å². The van der Waals surface area contributed by atoms with Gasteiger partial charge in [0.05, 0.1) is 13.2 Å². The number of allylic oxidation sites excluding steroid dienone is 2. The van der Waals surface area contributed by atoms with E-state index in [2.05, 4.69) is 33.4 Å². The maximum Gasteiger partial charge on any atom is 0.472 e. The van der Waals surface area contributed by atoms with Crippen molar-refractivity contribution in [2.45, 2.75) is 154 Å². The van der Waals surface area contributed by atoms with Gasteiger partial charge in [-0.3, -0.25) is 18.6 Å². The first-order valence-electron chi connectivity index (χ1n) is 16.7. The van der Waals surface area contributed by atoms with Crippen LogP contribution in [0.25, 0.3) is 0 Å². The predicted molar refractivity (Wildman–Crippen MR) is 171 cm³/mol. The molecule has 3 unspecified atom stereocenters. The Balaban J connectivity index is 3.86. The molecular formula is C32H60NO10P. The van der Waals surface area contributed by atoms with E-state index in [1.807, 2.05) is 0 Å². The molecule has 0 aromatic rings. The number of hydrogen-bond acceptors (Lipinski definition) is 8. The molecule has 0 aliphatic heterocycles. The molecule has 0 aliphatic carbocycles. The minimum atomic E-state index is -4.72. The SMILES string of the molecule is CCCCCCCC/C=C/CCCCCCCCCCCC(=O)NC(COP(=O)(O)OCC(O)COC(=O)CCC)C(=O)O. The number of esters is 1. The topological polar surface area (TPSA) is 169 Å². The van der Waals surface area contributed by atoms with Crippen molar-refractivity contribution in [3.05, 3.63) is 12.2 Å². The third kappa shape index (κ3) is 27.7. The summed E-state index contributed by atoms with van der Waals surface area (Å²) in [5.74, 6) is -2.43. The van der Waals surface area contributed by atoms with Crippen LogP contribution in [0.4, 0.5) is 0 Å². The standard InChI is InChI=1S/C32H60NO10P/c1-3-5-6-7-8-9-10-11-12-13-14-15-16-17-18-19-20-21-22-24-30(35)33-29(32(37)38)27-43-44(39,40)42-26-28(34)25-41-31(36)23-4-2/h11-12,28-29,34H,3-10,13-27H2,1-2H3,(H,33,35)(H,37,38)(H,39,40)/b12-11+. The van der Waals surface area contributed by atoms with E-state index in [1.54, 1.807) is 6.92 Å². The highest BCUT2D eigenvalue weighted by molar-refractivity contribution is 7.47. The second-order valence-electron chi connectivity index (χ2n) is 11.4. The predicted octanol–water partition coefficient (Wildman–Crippen LogP) is 6.99. The Morgan fingerprint density at radius 3 is 1.73 bits per heavy atom. The van der Waals surface area contributed by atoms with Crippen molar-refractivity contribution >= 4 is 25.7 Å². The van der Waals surface area contributed by atoms with Crippen molar-refractivity contribution in [3.63, 3.8) is 0 Å². The number of aliphatic carboxylic acids is 1. The van der Waals surface area contributed by atoms with E-state index in [-0.39, 0.29) is 12.8 Å². The van der Waals surface area contributed by atoms with Crippen molar-refractivity contribution in [3.8, 4) is 0 Å². The Morgan fingerprint density at radius 2 is 1.20 bits per heavy atom. The van der Waals surface area contributed by atoms with Crippen LogP contribution >= 0.6 is 7.82 Å². The molecule has 0 aliphatic rings. The van der Waals surface area contributed by atoms with E-state index < -0.39 is 57.6 Å². The molecule has 0 aromatic heterocycles. The number of phosphoric ester groups is 1. The number of carbonyl (C=O) groups is 3. The largest absolute Gasteiger partial charge is 0.480 e. The molecule has 12 heteroatoms. The van der Waals surface area contributed by atoms with Crippen LogP contribution in [0.3, 0.4) is 0 Å². The van der Waals surface area contributed by atoms with Crippen molar-refractivity contribution in [1.82, 2.24) is 5.32 Å². The number of rotatable bonds is 31. The van der Waals surface area contributed by atoms with E-state index in [0.717, 1.165) is 19.3 Å². The number of carboxylic acid groups (broad SMARTS) is 1. The molecule has 0 rings (SSSR count). The molecule has 3 atom stereocenters. The first-order valence-corrected chi connectivity index (χ1v) is 18.2. The van der Waals surface area contributed by atoms with Crippen molar-refractivity contribution in [1.29, 1.82) is 0 Å². The average molecular weight is 650 g/mol. The third-order valence-corrected chi connectivity index (χ3v) is 7.97. The number of hydrogen-bond donors (Lipinski definition) is 4. The molecule has 0 saturated heterocycles. The molecule has 0 fully saturated rings. The van der Waals surface area contributed by atoms with Crippen LogP contribution in [0.2, 0.25) is 0 Å². The smallest absolute Gasteiger partial charge is 0.472 e. The van der Waals surface area contributed by atoms with E-state index in [4.69, 9.17) is 4.74 Å². The second kappa shape index (κ2) is 28.7. The molecule has 258 valence electrons. The van der Waals surface area contributed by atoms with E-state index in [9.17, 15) is 34.1 Å². The molecule has 11 nitrogen and oxygen atoms in total. The van der Waals surface area contributed by atoms with Crippen LogP contribution in [0.15, 0.2) is 12.2 Å². The highest BCUT2D eigenvalue weighted by Crippen LogP contribution is 2.43. The van der Waals surface area contributed by atoms with Crippen LogP contribution in [0.1, 0.15) is 142 Å². The Hall–Kier alpha value is -1.78. The number of carboxylic acids is 1. The lowest BCUT2D eigenvalue weighted by Crippen LogP contribution is -2.43. The highest BCUT2D eigenvalue weighted by Gasteiger charge is 2.28. The van der Waals surface area contributed by atoms with Gasteiger partial charge in [0.25, 0.3) is 0 Å². The van der Waals surface area contributed by atoms with Crippen LogP contribution in [0, 0.1) is 0 Å². The summed E-state index contributed by atoms with van der Waals surface area (Å²) in [5.41, 5.74) is 0. The maximum absolute atomic E-state index is 12.2. The van der Waals surface area contributed by atoms with Crippen molar-refractivity contribution in [2.75, 3.05) is 19.8 Å². The summed E-state index contributed by atoms with van der Waals surface area (Å²) in [6.07, 6.45) is 24.4. The Morgan fingerprint density at radius 1 is 0.705 bits per heavy atom. The van der Waals surface area contributed by atoms with Gasteiger partial charge in [-0.1, -0.05) is 103 Å². The van der Waals surface area contributed by atoms with Gasteiger partial charge in [-0.15, -0.1) is 0 Å². The monoisotopic (exact) mass is 649 g/mol. The van der Waals surface area contributed by atoms with Gasteiger partial charge in [0, 0.05) is 12.8 Å². The molecule has 0 aromatic carbocycles. The van der Waals surface area contributed by atoms with Crippen LogP contribution in [-0.2, 0) is 32.7 Å². The van der Waals surface area contributed by atoms with E-state index in [0.29, 0.717) is 12.8 Å². The van der Waals surface area contributed by atoms with Crippen molar-refractivity contribution < 1.29 is 47.8 Å². The lowest BCUT2D eigenvalue weighted by molar-refractivity contribution is -0.147. The zero-order valence-corrected chi connectivity index (χ0v) is 28.1. The van der Waals surface area contributed by atoms with Gasteiger partial charge in [-0.2, -0.15) is 0 Å². The third-order valence-electron chi connectivity index (χ3n) is 7.02. The molecule has 44 heavy (non-hydrogen) atoms. The van der Waals surface area contributed by atoms with Gasteiger partial charge in [0.15, 0.2) is 6.04 Å². The second-order valence-corrected chi connectivity index (χ2v) is 12.8. The number of phosphoric acid groups is 1. The van der Waals surface area contributed by atoms with Crippen LogP contribution in [0.5, 0.6) is 0 Å².